The summed E-state index contributed by atoms with van der Waals surface area (Å²) in [5, 5.41) is 0. The molecule has 5 unspecified atom stereocenters. The van der Waals surface area contributed by atoms with Gasteiger partial charge in [0, 0.05) is 0 Å². The number of unbranched alkanes of at least 4 members (excludes halogenated alkanes) is 1. The van der Waals surface area contributed by atoms with Crippen molar-refractivity contribution in [2.75, 3.05) is 0 Å². The monoisotopic (exact) mass is 384 g/mol. The molecular formula is C27H41F. The number of benzene rings is 1. The standard InChI is InChI=1S/C27H41F/c1-3-5-7-20-9-11-23-17-26(27(28)18-25(23)15-20)24-13-12-21-14-19(6-4-2)8-10-22(21)16-24/h17-22,24H,3-16H2,1-2H3. The third-order valence-corrected chi connectivity index (χ3v) is 8.47. The van der Waals surface area contributed by atoms with E-state index in [1.165, 1.54) is 94.6 Å². The average molecular weight is 385 g/mol. The predicted molar refractivity (Wildman–Crippen MR) is 117 cm³/mol. The molecule has 0 bridgehead atoms. The van der Waals surface area contributed by atoms with Crippen LogP contribution < -0.4 is 0 Å². The fraction of sp³-hybridized carbons (Fsp3) is 0.778. The summed E-state index contributed by atoms with van der Waals surface area (Å²) in [6, 6.07) is 4.24. The lowest BCUT2D eigenvalue weighted by molar-refractivity contribution is 0.113. The van der Waals surface area contributed by atoms with Gasteiger partial charge < -0.3 is 0 Å². The van der Waals surface area contributed by atoms with Gasteiger partial charge in [-0.05, 0) is 104 Å². The van der Waals surface area contributed by atoms with Gasteiger partial charge in [-0.3, -0.25) is 0 Å². The number of hydrogen-bond donors (Lipinski definition) is 0. The molecule has 156 valence electrons. The molecular weight excluding hydrogens is 343 g/mol. The van der Waals surface area contributed by atoms with Crippen LogP contribution in [0.1, 0.15) is 114 Å². The Hall–Kier alpha value is -0.850. The summed E-state index contributed by atoms with van der Waals surface area (Å²) in [6.07, 6.45) is 18.4. The highest BCUT2D eigenvalue weighted by Gasteiger charge is 2.36. The summed E-state index contributed by atoms with van der Waals surface area (Å²) in [7, 11) is 0. The summed E-state index contributed by atoms with van der Waals surface area (Å²) in [5.74, 6) is 4.14. The molecule has 0 radical (unpaired) electrons. The Morgan fingerprint density at radius 2 is 1.64 bits per heavy atom. The van der Waals surface area contributed by atoms with Crippen molar-refractivity contribution in [2.45, 2.75) is 110 Å². The smallest absolute Gasteiger partial charge is 0.126 e. The van der Waals surface area contributed by atoms with Gasteiger partial charge in [-0.25, -0.2) is 4.39 Å². The van der Waals surface area contributed by atoms with Crippen LogP contribution in [0.4, 0.5) is 4.39 Å². The second kappa shape index (κ2) is 9.31. The van der Waals surface area contributed by atoms with Crippen LogP contribution in [-0.2, 0) is 12.8 Å². The molecule has 0 spiro atoms. The summed E-state index contributed by atoms with van der Waals surface area (Å²) >= 11 is 0. The van der Waals surface area contributed by atoms with E-state index in [1.54, 1.807) is 0 Å². The lowest BCUT2D eigenvalue weighted by Crippen LogP contribution is -2.30. The first kappa shape index (κ1) is 20.4. The van der Waals surface area contributed by atoms with Gasteiger partial charge in [0.1, 0.15) is 5.82 Å². The van der Waals surface area contributed by atoms with Gasteiger partial charge in [0.25, 0.3) is 0 Å². The summed E-state index contributed by atoms with van der Waals surface area (Å²) in [5.41, 5.74) is 3.86. The van der Waals surface area contributed by atoms with Crippen LogP contribution in [0.2, 0.25) is 0 Å². The van der Waals surface area contributed by atoms with Gasteiger partial charge in [-0.15, -0.1) is 0 Å². The first-order valence-electron chi connectivity index (χ1n) is 12.5. The minimum Gasteiger partial charge on any atom is -0.207 e. The zero-order chi connectivity index (χ0) is 19.5. The van der Waals surface area contributed by atoms with Crippen molar-refractivity contribution in [1.82, 2.24) is 0 Å². The first-order chi connectivity index (χ1) is 13.7. The number of fused-ring (bicyclic) bond motifs is 2. The molecule has 1 aromatic rings. The summed E-state index contributed by atoms with van der Waals surface area (Å²) < 4.78 is 15.1. The zero-order valence-electron chi connectivity index (χ0n) is 18.3. The number of rotatable bonds is 6. The maximum atomic E-state index is 15.1. The molecule has 28 heavy (non-hydrogen) atoms. The Labute approximate surface area is 172 Å². The van der Waals surface area contributed by atoms with Gasteiger partial charge in [-0.2, -0.15) is 0 Å². The van der Waals surface area contributed by atoms with E-state index in [0.29, 0.717) is 5.92 Å². The normalized spacial score (nSPS) is 32.6. The highest BCUT2D eigenvalue weighted by molar-refractivity contribution is 5.37. The Bertz CT molecular complexity index is 648. The van der Waals surface area contributed by atoms with Crippen molar-refractivity contribution >= 4 is 0 Å². The quantitative estimate of drug-likeness (QED) is 0.463. The maximum absolute atomic E-state index is 15.1. The van der Waals surface area contributed by atoms with Crippen LogP contribution in [-0.4, -0.2) is 0 Å². The predicted octanol–water partition coefficient (Wildman–Crippen LogP) is 8.22. The average Bonchev–Trinajstić information content (AvgIpc) is 2.71. The molecule has 2 fully saturated rings. The van der Waals surface area contributed by atoms with E-state index in [1.807, 2.05) is 6.07 Å². The molecule has 0 aromatic heterocycles. The lowest BCUT2D eigenvalue weighted by Gasteiger charge is -2.42. The minimum absolute atomic E-state index is 0.109. The third-order valence-electron chi connectivity index (χ3n) is 8.47. The van der Waals surface area contributed by atoms with Crippen LogP contribution in [0.25, 0.3) is 0 Å². The maximum Gasteiger partial charge on any atom is 0.126 e. The molecule has 1 aromatic carbocycles. The van der Waals surface area contributed by atoms with E-state index in [9.17, 15) is 0 Å². The molecule has 5 atom stereocenters. The summed E-state index contributed by atoms with van der Waals surface area (Å²) in [4.78, 5) is 0. The van der Waals surface area contributed by atoms with E-state index >= 15 is 4.39 Å². The summed E-state index contributed by atoms with van der Waals surface area (Å²) in [6.45, 7) is 4.60. The van der Waals surface area contributed by atoms with Crippen LogP contribution in [0, 0.1) is 29.5 Å². The second-order valence-corrected chi connectivity index (χ2v) is 10.4. The number of hydrogen-bond acceptors (Lipinski definition) is 0. The number of aryl methyl sites for hydroxylation is 1. The van der Waals surface area contributed by atoms with Crippen molar-refractivity contribution in [1.29, 1.82) is 0 Å². The SMILES string of the molecule is CCCCC1CCc2cc(C3CCC4CC(CCC)CCC4C3)c(F)cc2C1. The van der Waals surface area contributed by atoms with Crippen molar-refractivity contribution in [2.24, 2.45) is 23.7 Å². The first-order valence-corrected chi connectivity index (χ1v) is 12.5. The fourth-order valence-corrected chi connectivity index (χ4v) is 6.87. The molecule has 1 heteroatoms. The van der Waals surface area contributed by atoms with Crippen molar-refractivity contribution in [3.8, 4) is 0 Å². The van der Waals surface area contributed by atoms with E-state index in [0.717, 1.165) is 35.7 Å². The van der Waals surface area contributed by atoms with Crippen LogP contribution >= 0.6 is 0 Å². The molecule has 0 N–H and O–H groups in total. The zero-order valence-corrected chi connectivity index (χ0v) is 18.3. The third kappa shape index (κ3) is 4.49. The van der Waals surface area contributed by atoms with Crippen LogP contribution in [0.15, 0.2) is 12.1 Å². The number of halogens is 1. The molecule has 0 aliphatic heterocycles. The molecule has 3 aliphatic rings. The van der Waals surface area contributed by atoms with E-state index < -0.39 is 0 Å². The molecule has 4 rings (SSSR count). The highest BCUT2D eigenvalue weighted by Crippen LogP contribution is 2.49. The molecule has 3 aliphatic carbocycles. The topological polar surface area (TPSA) is 0 Å². The van der Waals surface area contributed by atoms with Crippen molar-refractivity contribution < 1.29 is 4.39 Å². The molecule has 0 amide bonds. The Kier molecular flexibility index (Phi) is 6.79. The fourth-order valence-electron chi connectivity index (χ4n) is 6.87. The van der Waals surface area contributed by atoms with Gasteiger partial charge in [0.15, 0.2) is 0 Å². The lowest BCUT2D eigenvalue weighted by atomic mass is 9.63. The van der Waals surface area contributed by atoms with Crippen molar-refractivity contribution in [3.63, 3.8) is 0 Å². The molecule has 0 heterocycles. The van der Waals surface area contributed by atoms with Gasteiger partial charge in [0.05, 0.1) is 0 Å². The Balaban J connectivity index is 1.42. The Morgan fingerprint density at radius 3 is 2.46 bits per heavy atom. The van der Waals surface area contributed by atoms with Gasteiger partial charge in [-0.1, -0.05) is 58.4 Å². The molecule has 0 nitrogen and oxygen atoms in total. The highest BCUT2D eigenvalue weighted by atomic mass is 19.1. The van der Waals surface area contributed by atoms with Crippen LogP contribution in [0.5, 0.6) is 0 Å². The second-order valence-electron chi connectivity index (χ2n) is 10.4. The van der Waals surface area contributed by atoms with Crippen molar-refractivity contribution in [3.05, 3.63) is 34.6 Å². The largest absolute Gasteiger partial charge is 0.207 e. The van der Waals surface area contributed by atoms with E-state index in [2.05, 4.69) is 19.9 Å². The Morgan fingerprint density at radius 1 is 0.821 bits per heavy atom. The van der Waals surface area contributed by atoms with E-state index in [-0.39, 0.29) is 5.82 Å². The van der Waals surface area contributed by atoms with Crippen LogP contribution in [0.3, 0.4) is 0 Å². The van der Waals surface area contributed by atoms with E-state index in [4.69, 9.17) is 0 Å². The molecule has 2 saturated carbocycles. The van der Waals surface area contributed by atoms with Gasteiger partial charge >= 0.3 is 0 Å². The van der Waals surface area contributed by atoms with Gasteiger partial charge in [0.2, 0.25) is 0 Å². The minimum atomic E-state index is 0.109. The molecule has 0 saturated heterocycles.